The Kier molecular flexibility index (Phi) is 6.18. The fourth-order valence-corrected chi connectivity index (χ4v) is 4.02. The Bertz CT molecular complexity index is 1500. The summed E-state index contributed by atoms with van der Waals surface area (Å²) in [5, 5.41) is 2.75. The number of carbonyl (C=O) groups is 4. The van der Waals surface area contributed by atoms with Gasteiger partial charge in [0.1, 0.15) is 5.75 Å². The number of nitrogens with zero attached hydrogens (tertiary/aromatic N) is 1. The zero-order valence-corrected chi connectivity index (χ0v) is 20.2. The van der Waals surface area contributed by atoms with Crippen LogP contribution in [0.25, 0.3) is 0 Å². The van der Waals surface area contributed by atoms with E-state index in [0.29, 0.717) is 22.7 Å². The van der Waals surface area contributed by atoms with Crippen LogP contribution in [0, 0.1) is 0 Å². The van der Waals surface area contributed by atoms with E-state index in [-0.39, 0.29) is 22.6 Å². The monoisotopic (exact) mass is 540 g/mol. The second-order valence-corrected chi connectivity index (χ2v) is 8.83. The predicted molar refractivity (Wildman–Crippen MR) is 138 cm³/mol. The standard InChI is InChI=1S/C28H17BrN2O5/c29-19-10-6-17(7-11-19)25(32)30-20-12-15-23-24(16-20)27(34)31(26(23)33)21-13-8-18(9-14-21)28(35)36-22-4-2-1-3-5-22/h1-16H,(H,30,32). The van der Waals surface area contributed by atoms with Gasteiger partial charge in [0.15, 0.2) is 0 Å². The van der Waals surface area contributed by atoms with Crippen molar-refractivity contribution in [2.75, 3.05) is 10.2 Å². The molecular formula is C28H17BrN2O5. The van der Waals surface area contributed by atoms with Crippen LogP contribution in [0.2, 0.25) is 0 Å². The maximum Gasteiger partial charge on any atom is 0.343 e. The third-order valence-electron chi connectivity index (χ3n) is 5.57. The summed E-state index contributed by atoms with van der Waals surface area (Å²) < 4.78 is 6.17. The van der Waals surface area contributed by atoms with Crippen molar-refractivity contribution in [1.29, 1.82) is 0 Å². The summed E-state index contributed by atoms with van der Waals surface area (Å²) in [5.74, 6) is -1.49. The average molecular weight is 541 g/mol. The summed E-state index contributed by atoms with van der Waals surface area (Å²) in [5.41, 5.74) is 1.85. The van der Waals surface area contributed by atoms with Gasteiger partial charge in [-0.25, -0.2) is 9.69 Å². The second kappa shape index (κ2) is 9.59. The quantitative estimate of drug-likeness (QED) is 0.198. The van der Waals surface area contributed by atoms with Crippen LogP contribution in [-0.4, -0.2) is 23.7 Å². The number of esters is 1. The average Bonchev–Trinajstić information content (AvgIpc) is 3.14. The lowest BCUT2D eigenvalue weighted by Gasteiger charge is -2.14. The zero-order valence-electron chi connectivity index (χ0n) is 18.6. The molecule has 3 amide bonds. The maximum absolute atomic E-state index is 13.1. The molecule has 1 aliphatic rings. The Morgan fingerprint density at radius 3 is 2.06 bits per heavy atom. The lowest BCUT2D eigenvalue weighted by molar-refractivity contribution is 0.0734. The summed E-state index contributed by atoms with van der Waals surface area (Å²) in [4.78, 5) is 52.0. The van der Waals surface area contributed by atoms with E-state index in [1.807, 2.05) is 6.07 Å². The largest absolute Gasteiger partial charge is 0.423 e. The van der Waals surface area contributed by atoms with Gasteiger partial charge in [-0.05, 0) is 78.9 Å². The van der Waals surface area contributed by atoms with Crippen molar-refractivity contribution in [2.45, 2.75) is 0 Å². The third-order valence-corrected chi connectivity index (χ3v) is 6.09. The first kappa shape index (κ1) is 23.2. The van der Waals surface area contributed by atoms with Gasteiger partial charge in [0.25, 0.3) is 17.7 Å². The van der Waals surface area contributed by atoms with Crippen LogP contribution >= 0.6 is 15.9 Å². The highest BCUT2D eigenvalue weighted by Gasteiger charge is 2.37. The molecule has 176 valence electrons. The van der Waals surface area contributed by atoms with E-state index < -0.39 is 17.8 Å². The zero-order chi connectivity index (χ0) is 25.2. The van der Waals surface area contributed by atoms with Crippen LogP contribution in [0.3, 0.4) is 0 Å². The van der Waals surface area contributed by atoms with Crippen LogP contribution in [0.5, 0.6) is 5.75 Å². The summed E-state index contributed by atoms with van der Waals surface area (Å²) in [6.07, 6.45) is 0. The van der Waals surface area contributed by atoms with Gasteiger partial charge in [0, 0.05) is 15.7 Å². The Labute approximate surface area is 214 Å². The van der Waals surface area contributed by atoms with E-state index in [4.69, 9.17) is 4.74 Å². The van der Waals surface area contributed by atoms with Crippen molar-refractivity contribution in [2.24, 2.45) is 0 Å². The molecule has 0 spiro atoms. The molecule has 0 aromatic heterocycles. The molecule has 1 N–H and O–H groups in total. The molecule has 0 unspecified atom stereocenters. The van der Waals surface area contributed by atoms with E-state index in [2.05, 4.69) is 21.2 Å². The number of ether oxygens (including phenoxy) is 1. The van der Waals surface area contributed by atoms with Crippen molar-refractivity contribution < 1.29 is 23.9 Å². The number of hydrogen-bond donors (Lipinski definition) is 1. The van der Waals surface area contributed by atoms with Gasteiger partial charge >= 0.3 is 5.97 Å². The Hall–Kier alpha value is -4.56. The topological polar surface area (TPSA) is 92.8 Å². The number of hydrogen-bond acceptors (Lipinski definition) is 5. The minimum Gasteiger partial charge on any atom is -0.423 e. The predicted octanol–water partition coefficient (Wildman–Crippen LogP) is 5.72. The number of anilines is 2. The molecule has 0 radical (unpaired) electrons. The molecule has 0 aliphatic carbocycles. The number of nitrogens with one attached hydrogen (secondary N) is 1. The van der Waals surface area contributed by atoms with Crippen LogP contribution < -0.4 is 15.0 Å². The normalized spacial score (nSPS) is 12.3. The number of rotatable bonds is 5. The van der Waals surface area contributed by atoms with Crippen molar-refractivity contribution in [3.05, 3.63) is 124 Å². The summed E-state index contributed by atoms with van der Waals surface area (Å²) in [6, 6.07) is 26.1. The van der Waals surface area contributed by atoms with E-state index in [9.17, 15) is 19.2 Å². The van der Waals surface area contributed by atoms with Gasteiger partial charge in [0.05, 0.1) is 22.4 Å². The summed E-state index contributed by atoms with van der Waals surface area (Å²) >= 11 is 3.33. The van der Waals surface area contributed by atoms with Crippen LogP contribution in [-0.2, 0) is 0 Å². The third kappa shape index (κ3) is 4.54. The van der Waals surface area contributed by atoms with Crippen LogP contribution in [0.4, 0.5) is 11.4 Å². The Morgan fingerprint density at radius 1 is 0.722 bits per heavy atom. The lowest BCUT2D eigenvalue weighted by Crippen LogP contribution is -2.29. The SMILES string of the molecule is O=C(Nc1ccc2c(c1)C(=O)N(c1ccc(C(=O)Oc3ccccc3)cc1)C2=O)c1ccc(Br)cc1. The number of para-hydroxylation sites is 1. The van der Waals surface area contributed by atoms with E-state index in [1.165, 1.54) is 36.4 Å². The van der Waals surface area contributed by atoms with E-state index >= 15 is 0 Å². The first-order valence-corrected chi connectivity index (χ1v) is 11.7. The van der Waals surface area contributed by atoms with Crippen molar-refractivity contribution in [3.8, 4) is 5.75 Å². The number of carbonyl (C=O) groups excluding carboxylic acids is 4. The first-order valence-electron chi connectivity index (χ1n) is 10.9. The van der Waals surface area contributed by atoms with Gasteiger partial charge in [-0.15, -0.1) is 0 Å². The van der Waals surface area contributed by atoms with Crippen molar-refractivity contribution in [3.63, 3.8) is 0 Å². The summed E-state index contributed by atoms with van der Waals surface area (Å²) in [6.45, 7) is 0. The number of fused-ring (bicyclic) bond motifs is 1. The molecular weight excluding hydrogens is 524 g/mol. The fourth-order valence-electron chi connectivity index (χ4n) is 3.76. The van der Waals surface area contributed by atoms with Crippen molar-refractivity contribution in [1.82, 2.24) is 0 Å². The molecule has 0 fully saturated rings. The fraction of sp³-hybridized carbons (Fsp3) is 0. The maximum atomic E-state index is 13.1. The molecule has 0 atom stereocenters. The minimum atomic E-state index is -0.554. The minimum absolute atomic E-state index is 0.182. The number of imide groups is 1. The first-order chi connectivity index (χ1) is 17.4. The van der Waals surface area contributed by atoms with Gasteiger partial charge in [0.2, 0.25) is 0 Å². The molecule has 0 saturated carbocycles. The molecule has 36 heavy (non-hydrogen) atoms. The lowest BCUT2D eigenvalue weighted by atomic mass is 10.1. The Morgan fingerprint density at radius 2 is 1.36 bits per heavy atom. The molecule has 0 bridgehead atoms. The molecule has 4 aromatic carbocycles. The molecule has 0 saturated heterocycles. The molecule has 4 aromatic rings. The van der Waals surface area contributed by atoms with Gasteiger partial charge < -0.3 is 10.1 Å². The van der Waals surface area contributed by atoms with Crippen molar-refractivity contribution >= 4 is 51.0 Å². The molecule has 5 rings (SSSR count). The smallest absolute Gasteiger partial charge is 0.343 e. The van der Waals surface area contributed by atoms with E-state index in [0.717, 1.165) is 9.37 Å². The molecule has 1 heterocycles. The van der Waals surface area contributed by atoms with Gasteiger partial charge in [-0.3, -0.25) is 14.4 Å². The highest BCUT2D eigenvalue weighted by Crippen LogP contribution is 2.31. The van der Waals surface area contributed by atoms with E-state index in [1.54, 1.807) is 54.6 Å². The Balaban J connectivity index is 1.32. The van der Waals surface area contributed by atoms with Crippen LogP contribution in [0.15, 0.2) is 102 Å². The number of halogens is 1. The highest BCUT2D eigenvalue weighted by atomic mass is 79.9. The molecule has 8 heteroatoms. The number of amides is 3. The molecule has 1 aliphatic heterocycles. The highest BCUT2D eigenvalue weighted by molar-refractivity contribution is 9.10. The van der Waals surface area contributed by atoms with Gasteiger partial charge in [-0.2, -0.15) is 0 Å². The second-order valence-electron chi connectivity index (χ2n) is 7.92. The summed E-state index contributed by atoms with van der Waals surface area (Å²) in [7, 11) is 0. The molecule has 7 nitrogen and oxygen atoms in total. The number of benzene rings is 4. The van der Waals surface area contributed by atoms with Crippen LogP contribution in [0.1, 0.15) is 41.4 Å². The van der Waals surface area contributed by atoms with Gasteiger partial charge in [-0.1, -0.05) is 34.1 Å².